The summed E-state index contributed by atoms with van der Waals surface area (Å²) >= 11 is 0. The standard InChI is InChI=1S/C20H33NO4/c1-6-8-9-10-12-21-14-13-20(3,4)17(19(24)25-5)18(23)16(14)15(22)11-7-2/h17,23H,6-13H2,1-5H3/t17-/m0/s1. The highest BCUT2D eigenvalue weighted by molar-refractivity contribution is 6.24. The molecular formula is C20H33NO4. The van der Waals surface area contributed by atoms with Gasteiger partial charge in [-0.1, -0.05) is 47.0 Å². The summed E-state index contributed by atoms with van der Waals surface area (Å²) in [5.41, 5.74) is 0.333. The van der Waals surface area contributed by atoms with E-state index >= 15 is 0 Å². The number of aliphatic hydroxyl groups is 1. The summed E-state index contributed by atoms with van der Waals surface area (Å²) in [4.78, 5) is 29.4. The Morgan fingerprint density at radius 2 is 1.88 bits per heavy atom. The molecule has 0 spiro atoms. The number of methoxy groups -OCH3 is 1. The zero-order chi connectivity index (χ0) is 19.0. The van der Waals surface area contributed by atoms with Crippen LogP contribution in [0.25, 0.3) is 0 Å². The number of hydrogen-bond donors (Lipinski definition) is 1. The third-order valence-electron chi connectivity index (χ3n) is 4.73. The summed E-state index contributed by atoms with van der Waals surface area (Å²) in [5.74, 6) is -1.65. The summed E-state index contributed by atoms with van der Waals surface area (Å²) in [7, 11) is 1.30. The van der Waals surface area contributed by atoms with Crippen molar-refractivity contribution >= 4 is 17.5 Å². The van der Waals surface area contributed by atoms with Crippen molar-refractivity contribution in [3.05, 3.63) is 11.3 Å². The van der Waals surface area contributed by atoms with Crippen molar-refractivity contribution in [2.75, 3.05) is 13.7 Å². The SMILES string of the molecule is CCCCCCN=C1CC(C)(C)[C@H](C(=O)OC)C(O)=C1C(=O)CCC. The van der Waals surface area contributed by atoms with Crippen molar-refractivity contribution in [2.24, 2.45) is 16.3 Å². The second-order valence-electron chi connectivity index (χ2n) is 7.44. The van der Waals surface area contributed by atoms with Crippen LogP contribution in [0, 0.1) is 11.3 Å². The number of aliphatic imine (C=N–C) groups is 1. The van der Waals surface area contributed by atoms with Gasteiger partial charge in [0.05, 0.1) is 12.7 Å². The third kappa shape index (κ3) is 5.41. The molecule has 0 unspecified atom stereocenters. The van der Waals surface area contributed by atoms with Gasteiger partial charge in [-0.15, -0.1) is 0 Å². The third-order valence-corrected chi connectivity index (χ3v) is 4.73. The fourth-order valence-corrected chi connectivity index (χ4v) is 3.38. The van der Waals surface area contributed by atoms with Crippen LogP contribution < -0.4 is 0 Å². The second kappa shape index (κ2) is 9.73. The summed E-state index contributed by atoms with van der Waals surface area (Å²) in [5, 5.41) is 10.8. The van der Waals surface area contributed by atoms with Crippen LogP contribution in [0.1, 0.15) is 72.6 Å². The van der Waals surface area contributed by atoms with Gasteiger partial charge in [0, 0.05) is 18.7 Å². The highest BCUT2D eigenvalue weighted by Crippen LogP contribution is 2.43. The second-order valence-corrected chi connectivity index (χ2v) is 7.44. The number of allylic oxidation sites excluding steroid dienone is 1. The Bertz CT molecular complexity index is 546. The molecule has 0 fully saturated rings. The Balaban J connectivity index is 3.21. The first-order valence-corrected chi connectivity index (χ1v) is 9.37. The lowest BCUT2D eigenvalue weighted by Crippen LogP contribution is -2.42. The monoisotopic (exact) mass is 351 g/mol. The normalized spacial score (nSPS) is 21.5. The van der Waals surface area contributed by atoms with E-state index in [2.05, 4.69) is 11.9 Å². The van der Waals surface area contributed by atoms with E-state index in [0.29, 0.717) is 31.5 Å². The number of carbonyl (C=O) groups is 2. The molecule has 0 heterocycles. The number of rotatable bonds is 9. The molecule has 5 nitrogen and oxygen atoms in total. The van der Waals surface area contributed by atoms with E-state index in [9.17, 15) is 14.7 Å². The Labute approximate surface area is 151 Å². The molecule has 0 aromatic carbocycles. The van der Waals surface area contributed by atoms with E-state index < -0.39 is 17.3 Å². The lowest BCUT2D eigenvalue weighted by atomic mass is 9.67. The van der Waals surface area contributed by atoms with Gasteiger partial charge in [0.1, 0.15) is 11.7 Å². The van der Waals surface area contributed by atoms with Crippen molar-refractivity contribution in [3.63, 3.8) is 0 Å². The zero-order valence-electron chi connectivity index (χ0n) is 16.4. The summed E-state index contributed by atoms with van der Waals surface area (Å²) in [6, 6.07) is 0. The number of carbonyl (C=O) groups excluding carboxylic acids is 2. The molecule has 0 radical (unpaired) electrons. The average Bonchev–Trinajstić information content (AvgIpc) is 2.53. The fourth-order valence-electron chi connectivity index (χ4n) is 3.38. The van der Waals surface area contributed by atoms with E-state index in [1.165, 1.54) is 13.5 Å². The Morgan fingerprint density at radius 3 is 2.44 bits per heavy atom. The van der Waals surface area contributed by atoms with Gasteiger partial charge in [-0.2, -0.15) is 0 Å². The summed E-state index contributed by atoms with van der Waals surface area (Å²) in [6.07, 6.45) is 5.90. The highest BCUT2D eigenvalue weighted by atomic mass is 16.5. The van der Waals surface area contributed by atoms with Crippen molar-refractivity contribution in [1.82, 2.24) is 0 Å². The maximum Gasteiger partial charge on any atom is 0.316 e. The number of nitrogens with zero attached hydrogens (tertiary/aromatic N) is 1. The number of Topliss-reactive ketones (excluding diaryl/α,β-unsaturated/α-hetero) is 1. The molecule has 0 aromatic rings. The average molecular weight is 351 g/mol. The van der Waals surface area contributed by atoms with Crippen molar-refractivity contribution in [2.45, 2.75) is 72.6 Å². The lowest BCUT2D eigenvalue weighted by Gasteiger charge is -2.37. The minimum absolute atomic E-state index is 0.142. The molecular weight excluding hydrogens is 318 g/mol. The maximum atomic E-state index is 12.6. The molecule has 0 saturated carbocycles. The number of hydrogen-bond acceptors (Lipinski definition) is 5. The minimum Gasteiger partial charge on any atom is -0.511 e. The molecule has 5 heteroatoms. The molecule has 0 bridgehead atoms. The highest BCUT2D eigenvalue weighted by Gasteiger charge is 2.47. The number of esters is 1. The lowest BCUT2D eigenvalue weighted by molar-refractivity contribution is -0.149. The zero-order valence-corrected chi connectivity index (χ0v) is 16.4. The number of ether oxygens (including phenoxy) is 1. The predicted octanol–water partition coefficient (Wildman–Crippen LogP) is 4.41. The van der Waals surface area contributed by atoms with Gasteiger partial charge in [0.15, 0.2) is 5.78 Å². The first-order valence-electron chi connectivity index (χ1n) is 9.37. The summed E-state index contributed by atoms with van der Waals surface area (Å²) < 4.78 is 4.86. The number of ketones is 1. The van der Waals surface area contributed by atoms with E-state index in [1.54, 1.807) is 0 Å². The molecule has 142 valence electrons. The summed E-state index contributed by atoms with van der Waals surface area (Å²) in [6.45, 7) is 8.52. The van der Waals surface area contributed by atoms with E-state index in [1.807, 2.05) is 20.8 Å². The van der Waals surface area contributed by atoms with Crippen LogP contribution in [0.5, 0.6) is 0 Å². The van der Waals surface area contributed by atoms with Gasteiger partial charge in [0.2, 0.25) is 0 Å². The smallest absolute Gasteiger partial charge is 0.316 e. The number of unbranched alkanes of at least 4 members (excludes halogenated alkanes) is 3. The van der Waals surface area contributed by atoms with Crippen LogP contribution >= 0.6 is 0 Å². The van der Waals surface area contributed by atoms with E-state index in [4.69, 9.17) is 4.74 Å². The van der Waals surface area contributed by atoms with Crippen LogP contribution in [0.15, 0.2) is 16.3 Å². The van der Waals surface area contributed by atoms with Crippen LogP contribution in [0.4, 0.5) is 0 Å². The van der Waals surface area contributed by atoms with Gasteiger partial charge in [-0.3, -0.25) is 14.6 Å². The van der Waals surface area contributed by atoms with Crippen LogP contribution in [0.2, 0.25) is 0 Å². The first-order chi connectivity index (χ1) is 11.8. The molecule has 1 aliphatic rings. The van der Waals surface area contributed by atoms with Gasteiger partial charge in [-0.25, -0.2) is 0 Å². The first kappa shape index (κ1) is 21.4. The quantitative estimate of drug-likeness (QED) is 0.493. The number of aliphatic hydroxyl groups excluding tert-OH is 1. The molecule has 1 rings (SSSR count). The van der Waals surface area contributed by atoms with Crippen LogP contribution in [-0.2, 0) is 14.3 Å². The van der Waals surface area contributed by atoms with Crippen LogP contribution in [0.3, 0.4) is 0 Å². The van der Waals surface area contributed by atoms with Crippen molar-refractivity contribution < 1.29 is 19.4 Å². The van der Waals surface area contributed by atoms with E-state index in [0.717, 1.165) is 19.3 Å². The maximum absolute atomic E-state index is 12.6. The topological polar surface area (TPSA) is 76.0 Å². The molecule has 1 atom stereocenters. The van der Waals surface area contributed by atoms with Crippen molar-refractivity contribution in [1.29, 1.82) is 0 Å². The molecule has 0 aliphatic heterocycles. The Kier molecular flexibility index (Phi) is 8.33. The van der Waals surface area contributed by atoms with E-state index in [-0.39, 0.29) is 17.1 Å². The molecule has 0 amide bonds. The van der Waals surface area contributed by atoms with Crippen LogP contribution in [-0.4, -0.2) is 36.2 Å². The molecule has 25 heavy (non-hydrogen) atoms. The Morgan fingerprint density at radius 1 is 1.20 bits per heavy atom. The fraction of sp³-hybridized carbons (Fsp3) is 0.750. The molecule has 1 N–H and O–H groups in total. The van der Waals surface area contributed by atoms with Crippen molar-refractivity contribution in [3.8, 4) is 0 Å². The van der Waals surface area contributed by atoms with Gasteiger partial charge < -0.3 is 9.84 Å². The van der Waals surface area contributed by atoms with Gasteiger partial charge in [-0.05, 0) is 24.7 Å². The largest absolute Gasteiger partial charge is 0.511 e. The minimum atomic E-state index is -0.827. The molecule has 1 aliphatic carbocycles. The molecule has 0 saturated heterocycles. The molecule has 0 aromatic heterocycles. The predicted molar refractivity (Wildman–Crippen MR) is 99.9 cm³/mol. The van der Waals surface area contributed by atoms with Gasteiger partial charge in [0.25, 0.3) is 0 Å². The van der Waals surface area contributed by atoms with Gasteiger partial charge >= 0.3 is 5.97 Å². The Hall–Kier alpha value is -1.65.